The standard InChI is InChI=1S/C9H22OP/c1-8(2)11(6,7-10-5)9(3)4/h8-9H,7H2,1-6H3/q+1. The van der Waals surface area contributed by atoms with E-state index in [1.807, 2.05) is 7.11 Å². The second-order valence-corrected chi connectivity index (χ2v) is 8.97. The van der Waals surface area contributed by atoms with Gasteiger partial charge in [0, 0.05) is 14.4 Å². The van der Waals surface area contributed by atoms with Gasteiger partial charge in [0.1, 0.15) is 0 Å². The average molecular weight is 177 g/mol. The molecule has 0 aliphatic rings. The molecule has 0 saturated heterocycles. The number of hydrogen-bond donors (Lipinski definition) is 0. The van der Waals surface area contributed by atoms with Gasteiger partial charge >= 0.3 is 0 Å². The fourth-order valence-electron chi connectivity index (χ4n) is 1.17. The molecule has 2 heteroatoms. The first kappa shape index (κ1) is 11.4. The Balaban J connectivity index is 4.26. The third-order valence-electron chi connectivity index (χ3n) is 2.77. The van der Waals surface area contributed by atoms with E-state index in [9.17, 15) is 0 Å². The first-order valence-electron chi connectivity index (χ1n) is 4.29. The van der Waals surface area contributed by atoms with Gasteiger partial charge in [-0.1, -0.05) is 0 Å². The molecule has 0 saturated carbocycles. The van der Waals surface area contributed by atoms with Crippen molar-refractivity contribution >= 4 is 7.26 Å². The van der Waals surface area contributed by atoms with Crippen LogP contribution in [0.1, 0.15) is 27.7 Å². The molecule has 0 bridgehead atoms. The summed E-state index contributed by atoms with van der Waals surface area (Å²) >= 11 is 0. The van der Waals surface area contributed by atoms with Crippen LogP contribution < -0.4 is 0 Å². The Kier molecular flexibility index (Phi) is 4.58. The van der Waals surface area contributed by atoms with Crippen molar-refractivity contribution in [3.63, 3.8) is 0 Å². The van der Waals surface area contributed by atoms with Gasteiger partial charge in [-0.25, -0.2) is 0 Å². The lowest BCUT2D eigenvalue weighted by Gasteiger charge is -2.29. The van der Waals surface area contributed by atoms with Crippen molar-refractivity contribution in [3.05, 3.63) is 0 Å². The van der Waals surface area contributed by atoms with Crippen LogP contribution in [0.5, 0.6) is 0 Å². The van der Waals surface area contributed by atoms with E-state index in [0.717, 1.165) is 17.7 Å². The minimum Gasteiger partial charge on any atom is -0.350 e. The summed E-state index contributed by atoms with van der Waals surface area (Å²) in [5, 5.41) is 0. The molecule has 0 amide bonds. The van der Waals surface area contributed by atoms with Crippen LogP contribution in [0.2, 0.25) is 0 Å². The summed E-state index contributed by atoms with van der Waals surface area (Å²) in [6.45, 7) is 11.7. The quantitative estimate of drug-likeness (QED) is 0.600. The van der Waals surface area contributed by atoms with E-state index >= 15 is 0 Å². The maximum Gasteiger partial charge on any atom is 0.156 e. The van der Waals surface area contributed by atoms with E-state index in [1.165, 1.54) is 0 Å². The van der Waals surface area contributed by atoms with E-state index in [1.54, 1.807) is 0 Å². The Labute approximate surface area is 71.9 Å². The lowest BCUT2D eigenvalue weighted by Crippen LogP contribution is -2.18. The highest BCUT2D eigenvalue weighted by Crippen LogP contribution is 2.63. The fourth-order valence-corrected chi connectivity index (χ4v) is 3.52. The van der Waals surface area contributed by atoms with Gasteiger partial charge in [0.15, 0.2) is 6.35 Å². The van der Waals surface area contributed by atoms with Crippen molar-refractivity contribution in [1.82, 2.24) is 0 Å². The Hall–Kier alpha value is 0.390. The molecule has 0 radical (unpaired) electrons. The van der Waals surface area contributed by atoms with E-state index in [2.05, 4.69) is 34.4 Å². The van der Waals surface area contributed by atoms with Crippen molar-refractivity contribution in [1.29, 1.82) is 0 Å². The molecule has 1 nitrogen and oxygen atoms in total. The molecular formula is C9H22OP+. The molecule has 0 aliphatic heterocycles. The third-order valence-corrected chi connectivity index (χ3v) is 8.30. The Morgan fingerprint density at radius 3 is 1.55 bits per heavy atom. The summed E-state index contributed by atoms with van der Waals surface area (Å²) in [4.78, 5) is 0. The molecule has 0 unspecified atom stereocenters. The molecule has 11 heavy (non-hydrogen) atoms. The minimum absolute atomic E-state index is 0.794. The van der Waals surface area contributed by atoms with Crippen molar-refractivity contribution < 1.29 is 4.74 Å². The Morgan fingerprint density at radius 2 is 1.45 bits per heavy atom. The monoisotopic (exact) mass is 177 g/mol. The van der Waals surface area contributed by atoms with Gasteiger partial charge in [-0.2, -0.15) is 0 Å². The summed E-state index contributed by atoms with van der Waals surface area (Å²) in [7, 11) is 0.973. The molecule has 0 spiro atoms. The van der Waals surface area contributed by atoms with Crippen molar-refractivity contribution in [2.24, 2.45) is 0 Å². The molecule has 0 aromatic rings. The van der Waals surface area contributed by atoms with Crippen LogP contribution in [-0.4, -0.2) is 31.4 Å². The van der Waals surface area contributed by atoms with Crippen molar-refractivity contribution in [2.45, 2.75) is 39.0 Å². The van der Waals surface area contributed by atoms with Gasteiger partial charge in [0.25, 0.3) is 0 Å². The maximum absolute atomic E-state index is 5.28. The summed E-state index contributed by atoms with van der Waals surface area (Å²) in [6.07, 6.45) is 0.975. The third kappa shape index (κ3) is 2.72. The summed E-state index contributed by atoms with van der Waals surface area (Å²) in [6, 6.07) is 0. The van der Waals surface area contributed by atoms with Crippen LogP contribution >= 0.6 is 7.26 Å². The van der Waals surface area contributed by atoms with Crippen LogP contribution in [0.25, 0.3) is 0 Å². The first-order chi connectivity index (χ1) is 4.95. The van der Waals surface area contributed by atoms with E-state index in [4.69, 9.17) is 4.74 Å². The van der Waals surface area contributed by atoms with Crippen LogP contribution in [-0.2, 0) is 4.74 Å². The predicted molar refractivity (Wildman–Crippen MR) is 55.0 cm³/mol. The van der Waals surface area contributed by atoms with Crippen LogP contribution in [0.15, 0.2) is 0 Å². The van der Waals surface area contributed by atoms with E-state index in [-0.39, 0.29) is 0 Å². The van der Waals surface area contributed by atoms with Crippen molar-refractivity contribution in [2.75, 3.05) is 20.1 Å². The van der Waals surface area contributed by atoms with E-state index < -0.39 is 7.26 Å². The fraction of sp³-hybridized carbons (Fsp3) is 1.00. The second-order valence-electron chi connectivity index (χ2n) is 3.95. The molecule has 0 aromatic carbocycles. The molecule has 0 aliphatic carbocycles. The SMILES string of the molecule is COC[P+](C)(C(C)C)C(C)C. The van der Waals surface area contributed by atoms with Gasteiger partial charge in [-0.05, 0) is 27.7 Å². The van der Waals surface area contributed by atoms with Gasteiger partial charge in [0.05, 0.1) is 18.0 Å². The highest BCUT2D eigenvalue weighted by molar-refractivity contribution is 7.76. The zero-order chi connectivity index (χ0) is 9.07. The molecule has 0 rings (SSSR count). The smallest absolute Gasteiger partial charge is 0.156 e. The van der Waals surface area contributed by atoms with Crippen LogP contribution in [0, 0.1) is 0 Å². The highest BCUT2D eigenvalue weighted by atomic mass is 31.2. The number of methoxy groups -OCH3 is 1. The normalized spacial score (nSPS) is 13.1. The first-order valence-corrected chi connectivity index (χ1v) is 6.85. The van der Waals surface area contributed by atoms with Crippen LogP contribution in [0.3, 0.4) is 0 Å². The predicted octanol–water partition coefficient (Wildman–Crippen LogP) is 3.05. The largest absolute Gasteiger partial charge is 0.350 e. The zero-order valence-electron chi connectivity index (χ0n) is 8.72. The Morgan fingerprint density at radius 1 is 1.09 bits per heavy atom. The van der Waals surface area contributed by atoms with Gasteiger partial charge in [-0.3, -0.25) is 0 Å². The van der Waals surface area contributed by atoms with Gasteiger partial charge in [-0.15, -0.1) is 0 Å². The topological polar surface area (TPSA) is 9.23 Å². The number of rotatable bonds is 4. The molecule has 0 N–H and O–H groups in total. The highest BCUT2D eigenvalue weighted by Gasteiger charge is 2.38. The van der Waals surface area contributed by atoms with Crippen molar-refractivity contribution in [3.8, 4) is 0 Å². The lowest BCUT2D eigenvalue weighted by molar-refractivity contribution is 0.251. The molecular weight excluding hydrogens is 155 g/mol. The van der Waals surface area contributed by atoms with Gasteiger partial charge < -0.3 is 4.74 Å². The summed E-state index contributed by atoms with van der Waals surface area (Å²) in [5.41, 5.74) is 1.59. The van der Waals surface area contributed by atoms with E-state index in [0.29, 0.717) is 0 Å². The number of ether oxygens (including phenoxy) is 1. The zero-order valence-corrected chi connectivity index (χ0v) is 9.61. The minimum atomic E-state index is -0.835. The molecule has 0 heterocycles. The maximum atomic E-state index is 5.28. The second kappa shape index (κ2) is 4.42. The average Bonchev–Trinajstić information content (AvgIpc) is 1.87. The summed E-state index contributed by atoms with van der Waals surface area (Å²) in [5.74, 6) is 0. The molecule has 0 fully saturated rings. The lowest BCUT2D eigenvalue weighted by atomic mass is 10.5. The van der Waals surface area contributed by atoms with Crippen LogP contribution in [0.4, 0.5) is 0 Å². The molecule has 0 aromatic heterocycles. The van der Waals surface area contributed by atoms with Gasteiger partial charge in [0.2, 0.25) is 0 Å². The Bertz CT molecular complexity index is 102. The molecule has 68 valence electrons. The molecule has 0 atom stereocenters. The number of hydrogen-bond acceptors (Lipinski definition) is 1. The summed E-state index contributed by atoms with van der Waals surface area (Å²) < 4.78 is 5.28.